The van der Waals surface area contributed by atoms with Crippen molar-refractivity contribution in [2.75, 3.05) is 46.4 Å². The number of morpholine rings is 1. The number of carbonyl (C=O) groups is 2. The summed E-state index contributed by atoms with van der Waals surface area (Å²) in [6.45, 7) is 4.52. The van der Waals surface area contributed by atoms with Gasteiger partial charge in [-0.15, -0.1) is 0 Å². The number of amides is 2. The summed E-state index contributed by atoms with van der Waals surface area (Å²) in [5.74, 6) is 0.333. The molecule has 2 fully saturated rings. The molecule has 1 saturated heterocycles. The first-order valence-electron chi connectivity index (χ1n) is 9.76. The number of ether oxygens (including phenoxy) is 2. The van der Waals surface area contributed by atoms with Gasteiger partial charge in [0.15, 0.2) is 0 Å². The number of benzene rings is 1. The van der Waals surface area contributed by atoms with E-state index in [0.717, 1.165) is 12.2 Å². The summed E-state index contributed by atoms with van der Waals surface area (Å²) in [4.78, 5) is 26.8. The molecule has 8 heteroatoms. The number of rotatable bonds is 8. The van der Waals surface area contributed by atoms with Crippen LogP contribution in [-0.2, 0) is 9.53 Å². The zero-order valence-corrected chi connectivity index (χ0v) is 16.5. The molecule has 3 atom stereocenters. The molecule has 0 aromatic heterocycles. The molecule has 2 amide bonds. The molecule has 1 heterocycles. The van der Waals surface area contributed by atoms with Crippen molar-refractivity contribution in [2.45, 2.75) is 31.4 Å². The number of nitrogens with one attached hydrogen (secondary N) is 1. The second-order valence-electron chi connectivity index (χ2n) is 7.43. The van der Waals surface area contributed by atoms with Crippen LogP contribution < -0.4 is 10.1 Å². The van der Waals surface area contributed by atoms with Crippen LogP contribution in [0.1, 0.15) is 24.8 Å². The largest absolute Gasteiger partial charge is 0.494 e. The molecule has 0 bridgehead atoms. The standard InChI is InChI=1S/C20H29N3O5/c1-3-27-15-6-4-14(5-7-15)17-10-18(17)21-20(26)23-8-9-28-16(12-23)11-22(2)13-19(24)25/h4-7,16-18H,3,8-13H2,1-2H3,(H,21,26)(H,24,25)/t16?,17-,18+/m0/s1. The van der Waals surface area contributed by atoms with Gasteiger partial charge in [0.05, 0.1) is 25.9 Å². The van der Waals surface area contributed by atoms with Gasteiger partial charge in [0.2, 0.25) is 0 Å². The lowest BCUT2D eigenvalue weighted by molar-refractivity contribution is -0.138. The molecule has 1 aliphatic carbocycles. The first-order valence-corrected chi connectivity index (χ1v) is 9.76. The first kappa shape index (κ1) is 20.4. The zero-order chi connectivity index (χ0) is 20.1. The van der Waals surface area contributed by atoms with Crippen LogP contribution in [0.15, 0.2) is 24.3 Å². The van der Waals surface area contributed by atoms with Crippen molar-refractivity contribution in [3.63, 3.8) is 0 Å². The fourth-order valence-corrected chi connectivity index (χ4v) is 3.61. The number of nitrogens with zero attached hydrogens (tertiary/aromatic N) is 2. The van der Waals surface area contributed by atoms with E-state index in [9.17, 15) is 9.59 Å². The lowest BCUT2D eigenvalue weighted by Gasteiger charge is -2.34. The average molecular weight is 391 g/mol. The van der Waals surface area contributed by atoms with Crippen LogP contribution in [0.2, 0.25) is 0 Å². The van der Waals surface area contributed by atoms with Crippen molar-refractivity contribution < 1.29 is 24.2 Å². The maximum atomic E-state index is 12.6. The summed E-state index contributed by atoms with van der Waals surface area (Å²) in [6, 6.07) is 8.14. The SMILES string of the molecule is CCOc1ccc([C@@H]2C[C@H]2NC(=O)N2CCOC(CN(C)CC(=O)O)C2)cc1. The number of carboxylic acids is 1. The highest BCUT2D eigenvalue weighted by molar-refractivity contribution is 5.75. The molecule has 2 aliphatic rings. The lowest BCUT2D eigenvalue weighted by atomic mass is 10.1. The normalized spacial score (nSPS) is 24.1. The van der Waals surface area contributed by atoms with Gasteiger partial charge in [0, 0.05) is 31.6 Å². The Bertz CT molecular complexity index is 681. The zero-order valence-electron chi connectivity index (χ0n) is 16.5. The fourth-order valence-electron chi connectivity index (χ4n) is 3.61. The minimum absolute atomic E-state index is 0.0438. The van der Waals surface area contributed by atoms with Crippen molar-refractivity contribution in [1.82, 2.24) is 15.1 Å². The number of hydrogen-bond acceptors (Lipinski definition) is 5. The van der Waals surface area contributed by atoms with Crippen LogP contribution in [0.4, 0.5) is 4.79 Å². The Morgan fingerprint density at radius 3 is 2.79 bits per heavy atom. The maximum absolute atomic E-state index is 12.6. The van der Waals surface area contributed by atoms with Gasteiger partial charge in [-0.2, -0.15) is 0 Å². The lowest BCUT2D eigenvalue weighted by Crippen LogP contribution is -2.52. The van der Waals surface area contributed by atoms with Gasteiger partial charge < -0.3 is 24.8 Å². The van der Waals surface area contributed by atoms with Crippen LogP contribution in [0.5, 0.6) is 5.75 Å². The minimum atomic E-state index is -0.873. The van der Waals surface area contributed by atoms with E-state index < -0.39 is 5.97 Å². The highest BCUT2D eigenvalue weighted by Crippen LogP contribution is 2.41. The molecular formula is C20H29N3O5. The van der Waals surface area contributed by atoms with Crippen molar-refractivity contribution in [2.24, 2.45) is 0 Å². The van der Waals surface area contributed by atoms with Crippen molar-refractivity contribution in [3.8, 4) is 5.75 Å². The van der Waals surface area contributed by atoms with Gasteiger partial charge in [-0.25, -0.2) is 4.79 Å². The van der Waals surface area contributed by atoms with Gasteiger partial charge in [-0.3, -0.25) is 9.69 Å². The van der Waals surface area contributed by atoms with E-state index in [1.807, 2.05) is 19.1 Å². The van der Waals surface area contributed by atoms with E-state index in [1.54, 1.807) is 16.8 Å². The van der Waals surface area contributed by atoms with Gasteiger partial charge in [-0.1, -0.05) is 12.1 Å². The predicted molar refractivity (Wildman–Crippen MR) is 104 cm³/mol. The third-order valence-corrected chi connectivity index (χ3v) is 5.07. The molecule has 2 N–H and O–H groups in total. The minimum Gasteiger partial charge on any atom is -0.494 e. The van der Waals surface area contributed by atoms with Gasteiger partial charge in [-0.05, 0) is 38.1 Å². The molecule has 154 valence electrons. The Labute approximate surface area is 165 Å². The third kappa shape index (κ3) is 5.59. The second-order valence-corrected chi connectivity index (χ2v) is 7.43. The smallest absolute Gasteiger partial charge is 0.317 e. The van der Waals surface area contributed by atoms with Crippen molar-refractivity contribution in [1.29, 1.82) is 0 Å². The summed E-state index contributed by atoms with van der Waals surface area (Å²) < 4.78 is 11.2. The van der Waals surface area contributed by atoms with Gasteiger partial charge >= 0.3 is 12.0 Å². The fraction of sp³-hybridized carbons (Fsp3) is 0.600. The molecule has 1 saturated carbocycles. The topological polar surface area (TPSA) is 91.3 Å². The molecule has 1 aromatic carbocycles. The number of carboxylic acid groups (broad SMARTS) is 1. The van der Waals surface area contributed by atoms with Gasteiger partial charge in [0.25, 0.3) is 0 Å². The van der Waals surface area contributed by atoms with Crippen molar-refractivity contribution in [3.05, 3.63) is 29.8 Å². The molecule has 1 unspecified atom stereocenters. The van der Waals surface area contributed by atoms with Crippen LogP contribution in [0, 0.1) is 0 Å². The van der Waals surface area contributed by atoms with E-state index in [0.29, 0.717) is 38.8 Å². The van der Waals surface area contributed by atoms with Gasteiger partial charge in [0.1, 0.15) is 5.75 Å². The molecular weight excluding hydrogens is 362 g/mol. The Morgan fingerprint density at radius 1 is 1.36 bits per heavy atom. The first-order chi connectivity index (χ1) is 13.5. The summed E-state index contributed by atoms with van der Waals surface area (Å²) in [5, 5.41) is 12.0. The van der Waals surface area contributed by atoms with Crippen molar-refractivity contribution >= 4 is 12.0 Å². The second kappa shape index (κ2) is 9.25. The van der Waals surface area contributed by atoms with E-state index in [-0.39, 0.29) is 24.7 Å². The molecule has 3 rings (SSSR count). The van der Waals surface area contributed by atoms with E-state index in [2.05, 4.69) is 17.4 Å². The van der Waals surface area contributed by atoms with Crippen LogP contribution in [0.25, 0.3) is 0 Å². The molecule has 1 aliphatic heterocycles. The number of likely N-dealkylation sites (N-methyl/N-ethyl adjacent to an activating group) is 1. The van der Waals surface area contributed by atoms with Crippen LogP contribution in [-0.4, -0.2) is 85.5 Å². The summed E-state index contributed by atoms with van der Waals surface area (Å²) in [7, 11) is 1.74. The number of aliphatic carboxylic acids is 1. The van der Waals surface area contributed by atoms with E-state index >= 15 is 0 Å². The van der Waals surface area contributed by atoms with E-state index in [4.69, 9.17) is 14.6 Å². The average Bonchev–Trinajstić information content (AvgIpc) is 3.41. The molecule has 0 radical (unpaired) electrons. The Hall–Kier alpha value is -2.32. The maximum Gasteiger partial charge on any atom is 0.317 e. The summed E-state index contributed by atoms with van der Waals surface area (Å²) >= 11 is 0. The third-order valence-electron chi connectivity index (χ3n) is 5.07. The Morgan fingerprint density at radius 2 is 2.11 bits per heavy atom. The Kier molecular flexibility index (Phi) is 6.74. The quantitative estimate of drug-likeness (QED) is 0.696. The molecule has 0 spiro atoms. The van der Waals surface area contributed by atoms with E-state index in [1.165, 1.54) is 5.56 Å². The highest BCUT2D eigenvalue weighted by Gasteiger charge is 2.40. The monoisotopic (exact) mass is 391 g/mol. The molecule has 28 heavy (non-hydrogen) atoms. The predicted octanol–water partition coefficient (Wildman–Crippen LogP) is 1.37. The number of urea groups is 1. The molecule has 1 aromatic rings. The summed E-state index contributed by atoms with van der Waals surface area (Å²) in [5.41, 5.74) is 1.21. The molecule has 8 nitrogen and oxygen atoms in total. The van der Waals surface area contributed by atoms with Crippen LogP contribution in [0.3, 0.4) is 0 Å². The van der Waals surface area contributed by atoms with Crippen LogP contribution >= 0.6 is 0 Å². The number of hydrogen-bond donors (Lipinski definition) is 2. The highest BCUT2D eigenvalue weighted by atomic mass is 16.5. The number of carbonyl (C=O) groups excluding carboxylic acids is 1. The summed E-state index contributed by atoms with van der Waals surface area (Å²) in [6.07, 6.45) is 0.763. The Balaban J connectivity index is 1.45.